The van der Waals surface area contributed by atoms with Crippen LogP contribution in [-0.2, 0) is 11.3 Å². The third-order valence-electron chi connectivity index (χ3n) is 4.28. The van der Waals surface area contributed by atoms with Gasteiger partial charge in [-0.05, 0) is 30.6 Å². The quantitative estimate of drug-likeness (QED) is 0.793. The standard InChI is InChI=1S/C16H26ClN3O/c1-16(2,3)12-6-5-8-20(9-7-12)15-10-13(17)18-14(19-15)11-21-4/h10,12H,5-9,11H2,1-4H3. The molecule has 0 radical (unpaired) electrons. The van der Waals surface area contributed by atoms with Gasteiger partial charge in [-0.2, -0.15) is 0 Å². The molecule has 1 atom stereocenters. The second-order valence-electron chi connectivity index (χ2n) is 6.88. The monoisotopic (exact) mass is 311 g/mol. The first-order valence-electron chi connectivity index (χ1n) is 7.67. The van der Waals surface area contributed by atoms with Gasteiger partial charge in [0, 0.05) is 26.3 Å². The van der Waals surface area contributed by atoms with Crippen LogP contribution < -0.4 is 4.90 Å². The van der Waals surface area contributed by atoms with Gasteiger partial charge in [-0.25, -0.2) is 9.97 Å². The molecule has 1 aromatic heterocycles. The van der Waals surface area contributed by atoms with Crippen molar-refractivity contribution in [3.63, 3.8) is 0 Å². The number of rotatable bonds is 3. The van der Waals surface area contributed by atoms with E-state index in [9.17, 15) is 0 Å². The van der Waals surface area contributed by atoms with E-state index in [1.807, 2.05) is 6.07 Å². The predicted octanol–water partition coefficient (Wildman–Crippen LogP) is 3.93. The van der Waals surface area contributed by atoms with E-state index in [4.69, 9.17) is 16.3 Å². The van der Waals surface area contributed by atoms with Crippen LogP contribution in [0.1, 0.15) is 45.9 Å². The maximum absolute atomic E-state index is 6.11. The topological polar surface area (TPSA) is 38.2 Å². The number of halogens is 1. The van der Waals surface area contributed by atoms with Gasteiger partial charge in [-0.1, -0.05) is 32.4 Å². The summed E-state index contributed by atoms with van der Waals surface area (Å²) in [5, 5.41) is 0.490. The van der Waals surface area contributed by atoms with Crippen LogP contribution in [0, 0.1) is 11.3 Å². The number of methoxy groups -OCH3 is 1. The van der Waals surface area contributed by atoms with Crippen LogP contribution in [0.5, 0.6) is 0 Å². The number of hydrogen-bond acceptors (Lipinski definition) is 4. The average Bonchev–Trinajstić information content (AvgIpc) is 2.63. The Labute approximate surface area is 132 Å². The highest BCUT2D eigenvalue weighted by Gasteiger charge is 2.27. The Balaban J connectivity index is 2.12. The van der Waals surface area contributed by atoms with Crippen LogP contribution in [0.15, 0.2) is 6.07 Å². The molecule has 0 bridgehead atoms. The maximum Gasteiger partial charge on any atom is 0.158 e. The SMILES string of the molecule is COCc1nc(Cl)cc(N2CCCC(C(C)(C)C)CC2)n1. The molecule has 5 heteroatoms. The number of hydrogen-bond donors (Lipinski definition) is 0. The van der Waals surface area contributed by atoms with Crippen molar-refractivity contribution < 1.29 is 4.74 Å². The zero-order valence-electron chi connectivity index (χ0n) is 13.5. The van der Waals surface area contributed by atoms with E-state index in [1.54, 1.807) is 7.11 Å². The summed E-state index contributed by atoms with van der Waals surface area (Å²) in [4.78, 5) is 11.1. The van der Waals surface area contributed by atoms with Crippen molar-refractivity contribution in [2.24, 2.45) is 11.3 Å². The first kappa shape index (κ1) is 16.5. The molecule has 21 heavy (non-hydrogen) atoms. The molecule has 0 amide bonds. The molecule has 1 unspecified atom stereocenters. The zero-order valence-corrected chi connectivity index (χ0v) is 14.3. The Morgan fingerprint density at radius 1 is 1.29 bits per heavy atom. The Hall–Kier alpha value is -0.870. The summed E-state index contributed by atoms with van der Waals surface area (Å²) in [5.41, 5.74) is 0.376. The normalized spacial score (nSPS) is 20.4. The van der Waals surface area contributed by atoms with Gasteiger partial charge in [-0.15, -0.1) is 0 Å². The molecule has 1 saturated heterocycles. The van der Waals surface area contributed by atoms with Crippen LogP contribution in [-0.4, -0.2) is 30.2 Å². The van der Waals surface area contributed by atoms with Gasteiger partial charge in [0.05, 0.1) is 0 Å². The van der Waals surface area contributed by atoms with Gasteiger partial charge in [0.25, 0.3) is 0 Å². The first-order chi connectivity index (χ1) is 9.90. The largest absolute Gasteiger partial charge is 0.377 e. The lowest BCUT2D eigenvalue weighted by atomic mass is 9.77. The van der Waals surface area contributed by atoms with E-state index >= 15 is 0 Å². The van der Waals surface area contributed by atoms with E-state index in [2.05, 4.69) is 35.6 Å². The second-order valence-corrected chi connectivity index (χ2v) is 7.27. The lowest BCUT2D eigenvalue weighted by molar-refractivity contribution is 0.178. The smallest absolute Gasteiger partial charge is 0.158 e. The van der Waals surface area contributed by atoms with Crippen molar-refractivity contribution in [1.29, 1.82) is 0 Å². The predicted molar refractivity (Wildman–Crippen MR) is 86.8 cm³/mol. The number of anilines is 1. The zero-order chi connectivity index (χ0) is 15.5. The van der Waals surface area contributed by atoms with E-state index < -0.39 is 0 Å². The fourth-order valence-electron chi connectivity index (χ4n) is 3.00. The molecular formula is C16H26ClN3O. The van der Waals surface area contributed by atoms with Crippen LogP contribution >= 0.6 is 11.6 Å². The van der Waals surface area contributed by atoms with Crippen molar-refractivity contribution in [2.75, 3.05) is 25.1 Å². The highest BCUT2D eigenvalue weighted by molar-refractivity contribution is 6.29. The molecule has 0 aromatic carbocycles. The Kier molecular flexibility index (Phi) is 5.44. The summed E-state index contributed by atoms with van der Waals surface area (Å²) in [6, 6.07) is 1.86. The van der Waals surface area contributed by atoms with Crippen molar-refractivity contribution in [3.05, 3.63) is 17.0 Å². The highest BCUT2D eigenvalue weighted by atomic mass is 35.5. The molecule has 1 aliphatic rings. The van der Waals surface area contributed by atoms with Gasteiger partial charge in [0.15, 0.2) is 5.82 Å². The van der Waals surface area contributed by atoms with Crippen LogP contribution in [0.25, 0.3) is 0 Å². The lowest BCUT2D eigenvalue weighted by Gasteiger charge is -2.30. The molecule has 0 aliphatic carbocycles. The maximum atomic E-state index is 6.11. The van der Waals surface area contributed by atoms with Crippen molar-refractivity contribution in [1.82, 2.24) is 9.97 Å². The lowest BCUT2D eigenvalue weighted by Crippen LogP contribution is -2.27. The minimum atomic E-state index is 0.376. The molecule has 1 fully saturated rings. The molecule has 2 heterocycles. The Morgan fingerprint density at radius 2 is 2.05 bits per heavy atom. The van der Waals surface area contributed by atoms with Gasteiger partial charge in [0.1, 0.15) is 17.6 Å². The molecule has 1 aliphatic heterocycles. The summed E-state index contributed by atoms with van der Waals surface area (Å²) in [6.45, 7) is 9.47. The van der Waals surface area contributed by atoms with Gasteiger partial charge in [-0.3, -0.25) is 0 Å². The van der Waals surface area contributed by atoms with Gasteiger partial charge < -0.3 is 9.64 Å². The van der Waals surface area contributed by atoms with E-state index in [-0.39, 0.29) is 0 Å². The summed E-state index contributed by atoms with van der Waals surface area (Å²) >= 11 is 6.11. The number of nitrogens with zero attached hydrogens (tertiary/aromatic N) is 3. The first-order valence-corrected chi connectivity index (χ1v) is 8.05. The average molecular weight is 312 g/mol. The van der Waals surface area contributed by atoms with Crippen molar-refractivity contribution in [3.8, 4) is 0 Å². The molecule has 0 saturated carbocycles. The van der Waals surface area contributed by atoms with Gasteiger partial charge in [0.2, 0.25) is 0 Å². The van der Waals surface area contributed by atoms with Gasteiger partial charge >= 0.3 is 0 Å². The number of aromatic nitrogens is 2. The number of ether oxygens (including phenoxy) is 1. The minimum Gasteiger partial charge on any atom is -0.377 e. The molecule has 0 N–H and O–H groups in total. The molecule has 2 rings (SSSR count). The third-order valence-corrected chi connectivity index (χ3v) is 4.47. The summed E-state index contributed by atoms with van der Waals surface area (Å²) in [6.07, 6.45) is 3.68. The van der Waals surface area contributed by atoms with Crippen LogP contribution in [0.3, 0.4) is 0 Å². The fourth-order valence-corrected chi connectivity index (χ4v) is 3.19. The van der Waals surface area contributed by atoms with Crippen molar-refractivity contribution in [2.45, 2.75) is 46.6 Å². The Morgan fingerprint density at radius 3 is 2.71 bits per heavy atom. The molecule has 118 valence electrons. The van der Waals surface area contributed by atoms with E-state index in [0.29, 0.717) is 23.0 Å². The fraction of sp³-hybridized carbons (Fsp3) is 0.750. The third kappa shape index (κ3) is 4.55. The molecule has 0 spiro atoms. The van der Waals surface area contributed by atoms with E-state index in [1.165, 1.54) is 19.3 Å². The molecule has 1 aromatic rings. The minimum absolute atomic E-state index is 0.376. The Bertz CT molecular complexity index is 473. The highest BCUT2D eigenvalue weighted by Crippen LogP contribution is 2.35. The summed E-state index contributed by atoms with van der Waals surface area (Å²) in [7, 11) is 1.64. The molecule has 4 nitrogen and oxygen atoms in total. The summed E-state index contributed by atoms with van der Waals surface area (Å²) in [5.74, 6) is 2.34. The summed E-state index contributed by atoms with van der Waals surface area (Å²) < 4.78 is 5.11. The van der Waals surface area contributed by atoms with Crippen molar-refractivity contribution >= 4 is 17.4 Å². The van der Waals surface area contributed by atoms with E-state index in [0.717, 1.165) is 24.8 Å². The molecular weight excluding hydrogens is 286 g/mol. The second kappa shape index (κ2) is 6.93. The van der Waals surface area contributed by atoms with Crippen LogP contribution in [0.4, 0.5) is 5.82 Å². The van der Waals surface area contributed by atoms with Crippen LogP contribution in [0.2, 0.25) is 5.15 Å².